The number of carbonyl (C=O) groups is 2. The van der Waals surface area contributed by atoms with E-state index in [2.05, 4.69) is 10.6 Å². The maximum Gasteiger partial charge on any atom is 0.288 e. The number of benzene rings is 1. The molecule has 1 rings (SSSR count). The molecule has 0 aliphatic rings. The molecule has 9 heteroatoms. The Balaban J connectivity index is 2.84. The summed E-state index contributed by atoms with van der Waals surface area (Å²) in [5.74, 6) is -1.01. The van der Waals surface area contributed by atoms with E-state index >= 15 is 0 Å². The predicted molar refractivity (Wildman–Crippen MR) is 95.8 cm³/mol. The van der Waals surface area contributed by atoms with Crippen molar-refractivity contribution in [2.45, 2.75) is 19.9 Å². The lowest BCUT2D eigenvalue weighted by Crippen LogP contribution is -2.50. The highest BCUT2D eigenvalue weighted by atomic mass is 35.5. The number of nitro groups is 1. The Morgan fingerprint density at radius 2 is 1.96 bits per heavy atom. The molecule has 8 nitrogen and oxygen atoms in total. The van der Waals surface area contributed by atoms with Crippen LogP contribution < -0.4 is 10.6 Å². The first kappa shape index (κ1) is 20.9. The van der Waals surface area contributed by atoms with Gasteiger partial charge in [0, 0.05) is 24.7 Å². The predicted octanol–water partition coefficient (Wildman–Crippen LogP) is 1.68. The second kappa shape index (κ2) is 9.33. The fraction of sp³-hybridized carbons (Fsp3) is 0.500. The van der Waals surface area contributed by atoms with E-state index in [-0.39, 0.29) is 28.1 Å². The molecule has 25 heavy (non-hydrogen) atoms. The van der Waals surface area contributed by atoms with Crippen LogP contribution >= 0.6 is 11.6 Å². The van der Waals surface area contributed by atoms with E-state index in [9.17, 15) is 19.7 Å². The molecule has 138 valence electrons. The first-order chi connectivity index (χ1) is 11.6. The zero-order valence-corrected chi connectivity index (χ0v) is 15.5. The highest BCUT2D eigenvalue weighted by Crippen LogP contribution is 2.25. The molecule has 0 aliphatic heterocycles. The van der Waals surface area contributed by atoms with Gasteiger partial charge in [-0.1, -0.05) is 25.4 Å². The van der Waals surface area contributed by atoms with Gasteiger partial charge in [-0.05, 0) is 32.1 Å². The monoisotopic (exact) mass is 370 g/mol. The lowest BCUT2D eigenvalue weighted by Gasteiger charge is -2.22. The van der Waals surface area contributed by atoms with Crippen molar-refractivity contribution in [3.05, 3.63) is 38.9 Å². The van der Waals surface area contributed by atoms with Gasteiger partial charge in [0.1, 0.15) is 11.1 Å². The highest BCUT2D eigenvalue weighted by molar-refractivity contribution is 6.32. The van der Waals surface area contributed by atoms with Crippen molar-refractivity contribution in [3.8, 4) is 0 Å². The molecule has 1 aromatic rings. The molecule has 0 saturated heterocycles. The van der Waals surface area contributed by atoms with Crippen LogP contribution in [-0.4, -0.2) is 54.9 Å². The molecule has 0 spiro atoms. The van der Waals surface area contributed by atoms with Crippen LogP contribution in [0, 0.1) is 16.0 Å². The molecular formula is C16H23ClN4O4. The van der Waals surface area contributed by atoms with Gasteiger partial charge in [0.05, 0.1) is 4.92 Å². The number of nitrogens with one attached hydrogen (secondary N) is 2. The number of hydrogen-bond donors (Lipinski definition) is 2. The van der Waals surface area contributed by atoms with Crippen molar-refractivity contribution in [2.24, 2.45) is 5.92 Å². The summed E-state index contributed by atoms with van der Waals surface area (Å²) in [6.45, 7) is 4.74. The van der Waals surface area contributed by atoms with E-state index < -0.39 is 16.9 Å². The van der Waals surface area contributed by atoms with Crippen molar-refractivity contribution in [1.29, 1.82) is 0 Å². The van der Waals surface area contributed by atoms with E-state index in [4.69, 9.17) is 11.6 Å². The standard InChI is InChI=1S/C16H23ClN4O4/c1-10(2)14(16(23)18-7-8-20(3)4)19-15(22)11-5-6-12(17)13(9-11)21(24)25/h5-6,9-10,14H,7-8H2,1-4H3,(H,18,23)(H,19,22). The molecule has 0 saturated carbocycles. The van der Waals surface area contributed by atoms with Crippen molar-refractivity contribution in [3.63, 3.8) is 0 Å². The van der Waals surface area contributed by atoms with E-state index in [1.807, 2.05) is 19.0 Å². The van der Waals surface area contributed by atoms with Gasteiger partial charge in [0.25, 0.3) is 11.6 Å². The van der Waals surface area contributed by atoms with Gasteiger partial charge in [0.15, 0.2) is 0 Å². The highest BCUT2D eigenvalue weighted by Gasteiger charge is 2.25. The van der Waals surface area contributed by atoms with Crippen LogP contribution in [0.1, 0.15) is 24.2 Å². The zero-order valence-electron chi connectivity index (χ0n) is 14.7. The number of nitro benzene ring substituents is 1. The Morgan fingerprint density at radius 1 is 1.32 bits per heavy atom. The molecule has 1 aromatic carbocycles. The van der Waals surface area contributed by atoms with Gasteiger partial charge in [-0.2, -0.15) is 0 Å². The third-order valence-electron chi connectivity index (χ3n) is 3.50. The van der Waals surface area contributed by atoms with Crippen LogP contribution in [0.4, 0.5) is 5.69 Å². The van der Waals surface area contributed by atoms with Crippen molar-refractivity contribution in [1.82, 2.24) is 15.5 Å². The Bertz CT molecular complexity index is 649. The number of halogens is 1. The third-order valence-corrected chi connectivity index (χ3v) is 3.82. The van der Waals surface area contributed by atoms with Crippen LogP contribution in [-0.2, 0) is 4.79 Å². The fourth-order valence-corrected chi connectivity index (χ4v) is 2.25. The summed E-state index contributed by atoms with van der Waals surface area (Å²) >= 11 is 5.74. The number of likely N-dealkylation sites (N-methyl/N-ethyl adjacent to an activating group) is 1. The molecule has 0 radical (unpaired) electrons. The molecule has 2 amide bonds. The average Bonchev–Trinajstić information content (AvgIpc) is 2.51. The first-order valence-corrected chi connectivity index (χ1v) is 8.18. The van der Waals surface area contributed by atoms with Gasteiger partial charge in [-0.15, -0.1) is 0 Å². The van der Waals surface area contributed by atoms with Crippen molar-refractivity contribution >= 4 is 29.1 Å². The van der Waals surface area contributed by atoms with Gasteiger partial charge >= 0.3 is 0 Å². The average molecular weight is 371 g/mol. The van der Waals surface area contributed by atoms with Gasteiger partial charge in [-0.25, -0.2) is 0 Å². The maximum atomic E-state index is 12.4. The number of hydrogen-bond acceptors (Lipinski definition) is 5. The van der Waals surface area contributed by atoms with Gasteiger partial charge in [0.2, 0.25) is 5.91 Å². The third kappa shape index (κ3) is 6.32. The minimum absolute atomic E-state index is 0.0524. The van der Waals surface area contributed by atoms with Gasteiger partial charge < -0.3 is 15.5 Å². The van der Waals surface area contributed by atoms with E-state index in [1.165, 1.54) is 12.1 Å². The van der Waals surface area contributed by atoms with Crippen molar-refractivity contribution in [2.75, 3.05) is 27.2 Å². The lowest BCUT2D eigenvalue weighted by atomic mass is 10.0. The summed E-state index contributed by atoms with van der Waals surface area (Å²) in [6.07, 6.45) is 0. The minimum Gasteiger partial charge on any atom is -0.353 e. The molecule has 1 unspecified atom stereocenters. The molecule has 0 fully saturated rings. The Morgan fingerprint density at radius 3 is 2.48 bits per heavy atom. The summed E-state index contributed by atoms with van der Waals surface area (Å²) < 4.78 is 0. The van der Waals surface area contributed by atoms with Crippen LogP contribution in [0.15, 0.2) is 18.2 Å². The zero-order chi connectivity index (χ0) is 19.1. The van der Waals surface area contributed by atoms with Crippen LogP contribution in [0.2, 0.25) is 5.02 Å². The number of rotatable bonds is 8. The van der Waals surface area contributed by atoms with E-state index in [1.54, 1.807) is 13.8 Å². The smallest absolute Gasteiger partial charge is 0.288 e. The minimum atomic E-state index is -0.746. The topological polar surface area (TPSA) is 105 Å². The second-order valence-electron chi connectivity index (χ2n) is 6.21. The van der Waals surface area contributed by atoms with E-state index in [0.717, 1.165) is 6.07 Å². The first-order valence-electron chi connectivity index (χ1n) is 7.80. The number of carbonyl (C=O) groups excluding carboxylic acids is 2. The quantitative estimate of drug-likeness (QED) is 0.535. The second-order valence-corrected chi connectivity index (χ2v) is 6.62. The molecule has 2 N–H and O–H groups in total. The maximum absolute atomic E-state index is 12.4. The van der Waals surface area contributed by atoms with Crippen LogP contribution in [0.3, 0.4) is 0 Å². The summed E-state index contributed by atoms with van der Waals surface area (Å²) in [4.78, 5) is 36.9. The molecule has 1 atom stereocenters. The SMILES string of the molecule is CC(C)C(NC(=O)c1ccc(Cl)c([N+](=O)[O-])c1)C(=O)NCCN(C)C. The molecule has 0 aliphatic carbocycles. The Labute approximate surface area is 151 Å². The normalized spacial score (nSPS) is 12.1. The van der Waals surface area contributed by atoms with Crippen LogP contribution in [0.25, 0.3) is 0 Å². The summed E-state index contributed by atoms with van der Waals surface area (Å²) in [5.41, 5.74) is -0.284. The molecule has 0 aromatic heterocycles. The Kier molecular flexibility index (Phi) is 7.79. The van der Waals surface area contributed by atoms with Gasteiger partial charge in [-0.3, -0.25) is 19.7 Å². The largest absolute Gasteiger partial charge is 0.353 e. The van der Waals surface area contributed by atoms with Crippen LogP contribution in [0.5, 0.6) is 0 Å². The summed E-state index contributed by atoms with van der Waals surface area (Å²) in [7, 11) is 3.78. The van der Waals surface area contributed by atoms with E-state index in [0.29, 0.717) is 13.1 Å². The number of nitrogens with zero attached hydrogens (tertiary/aromatic N) is 2. The summed E-state index contributed by atoms with van der Waals surface area (Å²) in [6, 6.07) is 3.02. The Hall–Kier alpha value is -2.19. The molecular weight excluding hydrogens is 348 g/mol. The molecule has 0 bridgehead atoms. The van der Waals surface area contributed by atoms with Crippen molar-refractivity contribution < 1.29 is 14.5 Å². The lowest BCUT2D eigenvalue weighted by molar-refractivity contribution is -0.384. The number of amides is 2. The molecule has 0 heterocycles. The fourth-order valence-electron chi connectivity index (χ4n) is 2.07. The summed E-state index contributed by atoms with van der Waals surface area (Å²) in [5, 5.41) is 16.3.